The van der Waals surface area contributed by atoms with E-state index in [9.17, 15) is 14.9 Å². The Bertz CT molecular complexity index is 205. The third-order valence-corrected chi connectivity index (χ3v) is 2.28. The quantitative estimate of drug-likeness (QED) is 0.506. The van der Waals surface area contributed by atoms with Crippen molar-refractivity contribution < 1.29 is 14.8 Å². The van der Waals surface area contributed by atoms with E-state index < -0.39 is 17.9 Å². The van der Waals surface area contributed by atoms with Crippen LogP contribution in [0.4, 0.5) is 0 Å². The van der Waals surface area contributed by atoms with Gasteiger partial charge in [-0.2, -0.15) is 0 Å². The Morgan fingerprint density at radius 2 is 2.00 bits per heavy atom. The minimum Gasteiger partial charge on any atom is -0.481 e. The molecule has 5 nitrogen and oxygen atoms in total. The van der Waals surface area contributed by atoms with Gasteiger partial charge < -0.3 is 5.11 Å². The van der Waals surface area contributed by atoms with E-state index >= 15 is 0 Å². The SMILES string of the molecule is CCCC(CCC(C)[N+](=O)[O-])C(=O)O. The summed E-state index contributed by atoms with van der Waals surface area (Å²) in [6.07, 6.45) is 2.12. The van der Waals surface area contributed by atoms with Crippen LogP contribution in [-0.2, 0) is 4.79 Å². The van der Waals surface area contributed by atoms with Crippen molar-refractivity contribution in [2.45, 2.75) is 45.6 Å². The Morgan fingerprint density at radius 3 is 2.36 bits per heavy atom. The van der Waals surface area contributed by atoms with Crippen molar-refractivity contribution in [3.05, 3.63) is 10.1 Å². The first-order chi connectivity index (χ1) is 6.49. The van der Waals surface area contributed by atoms with E-state index in [0.717, 1.165) is 6.42 Å². The minimum absolute atomic E-state index is 0.337. The van der Waals surface area contributed by atoms with Gasteiger partial charge in [0, 0.05) is 18.3 Å². The first-order valence-electron chi connectivity index (χ1n) is 4.85. The molecule has 0 aliphatic carbocycles. The molecule has 0 aromatic rings. The fourth-order valence-electron chi connectivity index (χ4n) is 1.29. The maximum absolute atomic E-state index is 10.7. The Morgan fingerprint density at radius 1 is 1.43 bits per heavy atom. The maximum atomic E-state index is 10.7. The second-order valence-electron chi connectivity index (χ2n) is 3.54. The number of nitrogens with zero attached hydrogens (tertiary/aromatic N) is 1. The Kier molecular flexibility index (Phi) is 5.83. The van der Waals surface area contributed by atoms with Crippen molar-refractivity contribution in [2.75, 3.05) is 0 Å². The highest BCUT2D eigenvalue weighted by molar-refractivity contribution is 5.69. The monoisotopic (exact) mass is 203 g/mol. The maximum Gasteiger partial charge on any atom is 0.306 e. The summed E-state index contributed by atoms with van der Waals surface area (Å²) in [6.45, 7) is 3.41. The lowest BCUT2D eigenvalue weighted by Gasteiger charge is -2.11. The molecular formula is C9H17NO4. The molecule has 2 atom stereocenters. The average molecular weight is 203 g/mol. The van der Waals surface area contributed by atoms with Gasteiger partial charge >= 0.3 is 5.97 Å². The number of rotatable bonds is 7. The van der Waals surface area contributed by atoms with Crippen LogP contribution in [0.2, 0.25) is 0 Å². The topological polar surface area (TPSA) is 80.4 Å². The van der Waals surface area contributed by atoms with Gasteiger partial charge in [0.1, 0.15) is 0 Å². The molecule has 0 saturated carbocycles. The fourth-order valence-corrected chi connectivity index (χ4v) is 1.29. The standard InChI is InChI=1S/C9H17NO4/c1-3-4-8(9(11)12)6-5-7(2)10(13)14/h7-8H,3-6H2,1-2H3,(H,11,12). The molecular weight excluding hydrogens is 186 g/mol. The van der Waals surface area contributed by atoms with Crippen LogP contribution in [0.1, 0.15) is 39.5 Å². The largest absolute Gasteiger partial charge is 0.481 e. The molecule has 0 aliphatic heterocycles. The molecule has 0 aromatic carbocycles. The lowest BCUT2D eigenvalue weighted by Crippen LogP contribution is -2.20. The summed E-state index contributed by atoms with van der Waals surface area (Å²) in [6, 6.07) is -0.645. The van der Waals surface area contributed by atoms with Crippen molar-refractivity contribution in [3.63, 3.8) is 0 Å². The van der Waals surface area contributed by atoms with Crippen molar-refractivity contribution in [2.24, 2.45) is 5.92 Å². The van der Waals surface area contributed by atoms with Crippen molar-refractivity contribution >= 4 is 5.97 Å². The zero-order chi connectivity index (χ0) is 11.1. The molecule has 0 spiro atoms. The summed E-state index contributed by atoms with van der Waals surface area (Å²) in [7, 11) is 0. The second kappa shape index (κ2) is 6.34. The van der Waals surface area contributed by atoms with E-state index in [-0.39, 0.29) is 4.92 Å². The van der Waals surface area contributed by atoms with Crippen LogP contribution in [0.3, 0.4) is 0 Å². The van der Waals surface area contributed by atoms with E-state index in [1.807, 2.05) is 6.92 Å². The molecule has 0 aromatic heterocycles. The van der Waals surface area contributed by atoms with Gasteiger partial charge in [-0.05, 0) is 12.8 Å². The van der Waals surface area contributed by atoms with E-state index in [2.05, 4.69) is 0 Å². The molecule has 0 radical (unpaired) electrons. The number of carboxylic acid groups (broad SMARTS) is 1. The number of aliphatic carboxylic acids is 1. The molecule has 0 bridgehead atoms. The lowest BCUT2D eigenvalue weighted by molar-refractivity contribution is -0.519. The predicted octanol–water partition coefficient (Wildman–Crippen LogP) is 1.93. The third kappa shape index (κ3) is 4.79. The zero-order valence-electron chi connectivity index (χ0n) is 8.60. The van der Waals surface area contributed by atoms with Crippen molar-refractivity contribution in [3.8, 4) is 0 Å². The normalized spacial score (nSPS) is 14.7. The fraction of sp³-hybridized carbons (Fsp3) is 0.889. The summed E-state index contributed by atoms with van der Waals surface area (Å²) in [4.78, 5) is 20.6. The van der Waals surface area contributed by atoms with Gasteiger partial charge in [0.15, 0.2) is 0 Å². The van der Waals surface area contributed by atoms with Gasteiger partial charge in [0.05, 0.1) is 5.92 Å². The summed E-state index contributed by atoms with van der Waals surface area (Å²) in [5.41, 5.74) is 0. The van der Waals surface area contributed by atoms with Crippen LogP contribution in [0.15, 0.2) is 0 Å². The number of hydrogen-bond acceptors (Lipinski definition) is 3. The summed E-state index contributed by atoms with van der Waals surface area (Å²) < 4.78 is 0. The van der Waals surface area contributed by atoms with Gasteiger partial charge in [-0.25, -0.2) is 0 Å². The molecule has 82 valence electrons. The molecule has 0 saturated heterocycles. The smallest absolute Gasteiger partial charge is 0.306 e. The summed E-state index contributed by atoms with van der Waals surface area (Å²) in [5, 5.41) is 19.1. The first-order valence-corrected chi connectivity index (χ1v) is 4.85. The second-order valence-corrected chi connectivity index (χ2v) is 3.54. The van der Waals surface area contributed by atoms with Crippen molar-refractivity contribution in [1.29, 1.82) is 0 Å². The van der Waals surface area contributed by atoms with Gasteiger partial charge in [-0.3, -0.25) is 14.9 Å². The van der Waals surface area contributed by atoms with Gasteiger partial charge in [-0.15, -0.1) is 0 Å². The van der Waals surface area contributed by atoms with Crippen LogP contribution in [0, 0.1) is 16.0 Å². The van der Waals surface area contributed by atoms with Crippen LogP contribution in [0.25, 0.3) is 0 Å². The van der Waals surface area contributed by atoms with Crippen LogP contribution < -0.4 is 0 Å². The summed E-state index contributed by atoms with van der Waals surface area (Å²) >= 11 is 0. The molecule has 0 heterocycles. The molecule has 2 unspecified atom stereocenters. The number of carboxylic acids is 1. The van der Waals surface area contributed by atoms with E-state index in [0.29, 0.717) is 19.3 Å². The molecule has 14 heavy (non-hydrogen) atoms. The Hall–Kier alpha value is -1.13. The van der Waals surface area contributed by atoms with Gasteiger partial charge in [0.25, 0.3) is 0 Å². The van der Waals surface area contributed by atoms with E-state index in [1.54, 1.807) is 0 Å². The number of nitro groups is 1. The molecule has 0 rings (SSSR count). The highest BCUT2D eigenvalue weighted by atomic mass is 16.6. The zero-order valence-corrected chi connectivity index (χ0v) is 8.60. The van der Waals surface area contributed by atoms with Crippen molar-refractivity contribution in [1.82, 2.24) is 0 Å². The van der Waals surface area contributed by atoms with Crippen LogP contribution >= 0.6 is 0 Å². The minimum atomic E-state index is -0.845. The Balaban J connectivity index is 3.93. The highest BCUT2D eigenvalue weighted by Gasteiger charge is 2.20. The molecule has 1 N–H and O–H groups in total. The van der Waals surface area contributed by atoms with Crippen LogP contribution in [-0.4, -0.2) is 22.0 Å². The molecule has 5 heteroatoms. The van der Waals surface area contributed by atoms with E-state index in [1.165, 1.54) is 6.92 Å². The van der Waals surface area contributed by atoms with Gasteiger partial charge in [0.2, 0.25) is 6.04 Å². The van der Waals surface area contributed by atoms with Crippen LogP contribution in [0.5, 0.6) is 0 Å². The molecule has 0 fully saturated rings. The molecule has 0 aliphatic rings. The van der Waals surface area contributed by atoms with E-state index in [4.69, 9.17) is 5.11 Å². The third-order valence-electron chi connectivity index (χ3n) is 2.28. The number of hydrogen-bond donors (Lipinski definition) is 1. The average Bonchev–Trinajstić information content (AvgIpc) is 2.10. The molecule has 0 amide bonds. The number of carbonyl (C=O) groups is 1. The predicted molar refractivity (Wildman–Crippen MR) is 51.7 cm³/mol. The lowest BCUT2D eigenvalue weighted by atomic mass is 9.96. The highest BCUT2D eigenvalue weighted by Crippen LogP contribution is 2.15. The first kappa shape index (κ1) is 12.9. The Labute approximate surface area is 83.3 Å². The van der Waals surface area contributed by atoms with Gasteiger partial charge in [-0.1, -0.05) is 13.3 Å². The summed E-state index contributed by atoms with van der Waals surface area (Å²) in [5.74, 6) is -1.27.